The lowest BCUT2D eigenvalue weighted by Crippen LogP contribution is -1.93. The molecule has 0 aliphatic heterocycles. The van der Waals surface area contributed by atoms with E-state index in [0.717, 1.165) is 0 Å². The predicted molar refractivity (Wildman–Crippen MR) is 75.8 cm³/mol. The number of benzene rings is 1. The molecule has 1 aromatic carbocycles. The molecule has 0 atom stereocenters. The summed E-state index contributed by atoms with van der Waals surface area (Å²) < 4.78 is 5.67. The Balaban J connectivity index is 2.23. The van der Waals surface area contributed by atoms with E-state index in [9.17, 15) is 0 Å². The van der Waals surface area contributed by atoms with Crippen LogP contribution in [0.5, 0.6) is 11.6 Å². The highest BCUT2D eigenvalue weighted by molar-refractivity contribution is 6.31. The van der Waals surface area contributed by atoms with E-state index in [0.29, 0.717) is 28.1 Å². The van der Waals surface area contributed by atoms with Crippen molar-refractivity contribution in [3.8, 4) is 11.6 Å². The van der Waals surface area contributed by atoms with Crippen LogP contribution in [-0.2, 0) is 6.61 Å². The van der Waals surface area contributed by atoms with Crippen molar-refractivity contribution >= 4 is 11.6 Å². The molecule has 0 aliphatic rings. The monoisotopic (exact) mass is 277 g/mol. The van der Waals surface area contributed by atoms with E-state index >= 15 is 0 Å². The number of aliphatic hydroxyl groups is 1. The summed E-state index contributed by atoms with van der Waals surface area (Å²) in [5.41, 5.74) is 1.86. The molecule has 0 saturated heterocycles. The van der Waals surface area contributed by atoms with Gasteiger partial charge in [-0.3, -0.25) is 0 Å². The lowest BCUT2D eigenvalue weighted by molar-refractivity contribution is 0.281. The molecule has 1 aromatic heterocycles. The van der Waals surface area contributed by atoms with Crippen LogP contribution < -0.4 is 4.74 Å². The second-order valence-corrected chi connectivity index (χ2v) is 5.03. The van der Waals surface area contributed by atoms with Gasteiger partial charge in [0.1, 0.15) is 10.8 Å². The highest BCUT2D eigenvalue weighted by atomic mass is 35.5. The molecule has 0 saturated carbocycles. The van der Waals surface area contributed by atoms with E-state index < -0.39 is 0 Å². The Morgan fingerprint density at radius 2 is 2.11 bits per heavy atom. The van der Waals surface area contributed by atoms with Crippen LogP contribution >= 0.6 is 11.6 Å². The number of rotatable bonds is 4. The SMILES string of the molecule is CC(C)c1cccc(Oc2ncc(CO)cc2Cl)c1. The molecule has 2 aromatic rings. The van der Waals surface area contributed by atoms with Crippen molar-refractivity contribution in [1.29, 1.82) is 0 Å². The normalized spacial score (nSPS) is 10.8. The third kappa shape index (κ3) is 3.46. The summed E-state index contributed by atoms with van der Waals surface area (Å²) in [6, 6.07) is 9.49. The number of hydrogen-bond donors (Lipinski definition) is 1. The molecule has 0 unspecified atom stereocenters. The highest BCUT2D eigenvalue weighted by Crippen LogP contribution is 2.29. The van der Waals surface area contributed by atoms with Crippen molar-refractivity contribution in [3.63, 3.8) is 0 Å². The minimum Gasteiger partial charge on any atom is -0.438 e. The Kier molecular flexibility index (Phi) is 4.40. The summed E-state index contributed by atoms with van der Waals surface area (Å²) in [7, 11) is 0. The summed E-state index contributed by atoms with van der Waals surface area (Å²) in [5.74, 6) is 1.49. The highest BCUT2D eigenvalue weighted by Gasteiger charge is 2.07. The molecular formula is C15H16ClNO2. The first-order valence-electron chi connectivity index (χ1n) is 6.13. The second kappa shape index (κ2) is 6.04. The van der Waals surface area contributed by atoms with Crippen LogP contribution in [0.25, 0.3) is 0 Å². The maximum Gasteiger partial charge on any atom is 0.238 e. The fourth-order valence-electron chi connectivity index (χ4n) is 1.68. The van der Waals surface area contributed by atoms with E-state index in [4.69, 9.17) is 21.4 Å². The predicted octanol–water partition coefficient (Wildman–Crippen LogP) is 4.14. The number of ether oxygens (including phenoxy) is 1. The number of aliphatic hydroxyl groups excluding tert-OH is 1. The molecule has 100 valence electrons. The van der Waals surface area contributed by atoms with Crippen LogP contribution in [-0.4, -0.2) is 10.1 Å². The van der Waals surface area contributed by atoms with Gasteiger partial charge in [0.25, 0.3) is 0 Å². The molecule has 0 bridgehead atoms. The summed E-state index contributed by atoms with van der Waals surface area (Å²) >= 11 is 6.06. The van der Waals surface area contributed by atoms with E-state index in [1.165, 1.54) is 5.56 Å². The summed E-state index contributed by atoms with van der Waals surface area (Å²) in [5, 5.41) is 9.39. The fourth-order valence-corrected chi connectivity index (χ4v) is 1.90. The van der Waals surface area contributed by atoms with Crippen molar-refractivity contribution in [2.75, 3.05) is 0 Å². The Morgan fingerprint density at radius 3 is 2.74 bits per heavy atom. The van der Waals surface area contributed by atoms with Crippen LogP contribution in [0.3, 0.4) is 0 Å². The third-order valence-corrected chi connectivity index (χ3v) is 3.06. The van der Waals surface area contributed by atoms with Crippen molar-refractivity contribution in [2.24, 2.45) is 0 Å². The van der Waals surface area contributed by atoms with Crippen LogP contribution in [0.1, 0.15) is 30.9 Å². The number of aromatic nitrogens is 1. The molecule has 1 N–H and O–H groups in total. The van der Waals surface area contributed by atoms with E-state index in [1.807, 2.05) is 18.2 Å². The van der Waals surface area contributed by atoms with Crippen LogP contribution in [0.4, 0.5) is 0 Å². The van der Waals surface area contributed by atoms with E-state index in [1.54, 1.807) is 12.3 Å². The average Bonchev–Trinajstić information content (AvgIpc) is 2.41. The minimum atomic E-state index is -0.0875. The maximum atomic E-state index is 9.00. The molecule has 0 spiro atoms. The molecule has 0 fully saturated rings. The number of hydrogen-bond acceptors (Lipinski definition) is 3. The molecule has 3 nitrogen and oxygen atoms in total. The summed E-state index contributed by atoms with van der Waals surface area (Å²) in [6.45, 7) is 4.16. The van der Waals surface area contributed by atoms with Gasteiger partial charge >= 0.3 is 0 Å². The Morgan fingerprint density at radius 1 is 1.32 bits per heavy atom. The first kappa shape index (κ1) is 13.8. The topological polar surface area (TPSA) is 42.4 Å². The van der Waals surface area contributed by atoms with Crippen molar-refractivity contribution in [3.05, 3.63) is 52.7 Å². The van der Waals surface area contributed by atoms with Gasteiger partial charge in [-0.2, -0.15) is 0 Å². The lowest BCUT2D eigenvalue weighted by Gasteiger charge is -2.10. The molecule has 19 heavy (non-hydrogen) atoms. The van der Waals surface area contributed by atoms with Gasteiger partial charge in [0.2, 0.25) is 5.88 Å². The Hall–Kier alpha value is -1.58. The standard InChI is InChI=1S/C15H16ClNO2/c1-10(2)12-4-3-5-13(7-12)19-15-14(16)6-11(9-18)8-17-15/h3-8,10,18H,9H2,1-2H3. The summed E-state index contributed by atoms with van der Waals surface area (Å²) in [6.07, 6.45) is 1.55. The molecule has 2 rings (SSSR count). The molecule has 1 heterocycles. The smallest absolute Gasteiger partial charge is 0.238 e. The Bertz CT molecular complexity index is 570. The van der Waals surface area contributed by atoms with Gasteiger partial charge in [0.15, 0.2) is 0 Å². The molecular weight excluding hydrogens is 262 g/mol. The van der Waals surface area contributed by atoms with Crippen LogP contribution in [0.2, 0.25) is 5.02 Å². The van der Waals surface area contributed by atoms with Crippen molar-refractivity contribution in [2.45, 2.75) is 26.4 Å². The van der Waals surface area contributed by atoms with Gasteiger partial charge in [0.05, 0.1) is 6.61 Å². The molecule has 0 radical (unpaired) electrons. The first-order chi connectivity index (χ1) is 9.10. The lowest BCUT2D eigenvalue weighted by atomic mass is 10.0. The van der Waals surface area contributed by atoms with Gasteiger partial charge in [-0.25, -0.2) is 4.98 Å². The second-order valence-electron chi connectivity index (χ2n) is 4.62. The third-order valence-electron chi connectivity index (χ3n) is 2.79. The zero-order valence-electron chi connectivity index (χ0n) is 10.9. The van der Waals surface area contributed by atoms with Crippen LogP contribution in [0.15, 0.2) is 36.5 Å². The molecule has 4 heteroatoms. The average molecular weight is 278 g/mol. The fraction of sp³-hybridized carbons (Fsp3) is 0.267. The van der Waals surface area contributed by atoms with Gasteiger partial charge in [0, 0.05) is 6.20 Å². The van der Waals surface area contributed by atoms with Crippen molar-refractivity contribution in [1.82, 2.24) is 4.98 Å². The largest absolute Gasteiger partial charge is 0.438 e. The van der Waals surface area contributed by atoms with Crippen molar-refractivity contribution < 1.29 is 9.84 Å². The van der Waals surface area contributed by atoms with Gasteiger partial charge in [-0.1, -0.05) is 37.6 Å². The zero-order chi connectivity index (χ0) is 13.8. The van der Waals surface area contributed by atoms with Gasteiger partial charge < -0.3 is 9.84 Å². The summed E-state index contributed by atoms with van der Waals surface area (Å²) in [4.78, 5) is 4.10. The zero-order valence-corrected chi connectivity index (χ0v) is 11.7. The Labute approximate surface area is 117 Å². The van der Waals surface area contributed by atoms with Gasteiger partial charge in [-0.15, -0.1) is 0 Å². The van der Waals surface area contributed by atoms with E-state index in [2.05, 4.69) is 24.9 Å². The first-order valence-corrected chi connectivity index (χ1v) is 6.51. The number of halogens is 1. The number of nitrogens with zero attached hydrogens (tertiary/aromatic N) is 1. The quantitative estimate of drug-likeness (QED) is 0.913. The molecule has 0 amide bonds. The van der Waals surface area contributed by atoms with E-state index in [-0.39, 0.29) is 6.61 Å². The minimum absolute atomic E-state index is 0.0875. The van der Waals surface area contributed by atoms with Crippen LogP contribution in [0, 0.1) is 0 Å². The maximum absolute atomic E-state index is 9.00. The molecule has 0 aliphatic carbocycles. The number of pyridine rings is 1. The van der Waals surface area contributed by atoms with Gasteiger partial charge in [-0.05, 0) is 35.2 Å².